The first-order valence-corrected chi connectivity index (χ1v) is 21.3. The number of hydrogen-bond acceptors (Lipinski definition) is 12. The van der Waals surface area contributed by atoms with E-state index in [9.17, 15) is 28.8 Å². The number of anilines is 2. The number of piperidine rings is 1. The molecule has 330 valence electrons. The van der Waals surface area contributed by atoms with E-state index in [0.717, 1.165) is 58.8 Å². The maximum absolute atomic E-state index is 13.9. The van der Waals surface area contributed by atoms with E-state index in [1.165, 1.54) is 18.2 Å². The summed E-state index contributed by atoms with van der Waals surface area (Å²) >= 11 is 0. The highest BCUT2D eigenvalue weighted by Crippen LogP contribution is 2.34. The molecule has 1 saturated heterocycles. The number of benzene rings is 3. The zero-order valence-electron chi connectivity index (χ0n) is 35.2. The maximum Gasteiger partial charge on any atom is 0.322 e. The van der Waals surface area contributed by atoms with Gasteiger partial charge in [-0.05, 0) is 91.3 Å². The van der Waals surface area contributed by atoms with E-state index in [-0.39, 0.29) is 61.0 Å². The summed E-state index contributed by atoms with van der Waals surface area (Å²) in [5, 5.41) is 20.6. The first-order valence-electron chi connectivity index (χ1n) is 21.3. The van der Waals surface area contributed by atoms with E-state index in [0.29, 0.717) is 18.0 Å². The Kier molecular flexibility index (Phi) is 13.3. The molecule has 1 aliphatic carbocycles. The van der Waals surface area contributed by atoms with Crippen LogP contribution < -0.4 is 35.6 Å². The Balaban J connectivity index is 0.844. The zero-order valence-corrected chi connectivity index (χ0v) is 35.2. The molecule has 2 aliphatic heterocycles. The van der Waals surface area contributed by atoms with Crippen LogP contribution in [0.25, 0.3) is 11.1 Å². The number of carbonyl (C=O) groups is 6. The highest BCUT2D eigenvalue weighted by molar-refractivity contribution is 6.24. The molecule has 4 N–H and O–H groups in total. The fourth-order valence-electron chi connectivity index (χ4n) is 8.21. The van der Waals surface area contributed by atoms with Crippen LogP contribution in [0.2, 0.25) is 0 Å². The van der Waals surface area contributed by atoms with Crippen LogP contribution in [0.15, 0.2) is 109 Å². The third kappa shape index (κ3) is 10.2. The molecular formula is C48H45N9O8. The second-order valence-electron chi connectivity index (χ2n) is 15.8. The van der Waals surface area contributed by atoms with Gasteiger partial charge in [-0.15, -0.1) is 0 Å². The van der Waals surface area contributed by atoms with Crippen molar-refractivity contribution in [2.75, 3.05) is 30.0 Å². The van der Waals surface area contributed by atoms with Gasteiger partial charge in [-0.2, -0.15) is 5.26 Å². The monoisotopic (exact) mass is 875 g/mol. The normalized spacial score (nSPS) is 17.9. The summed E-state index contributed by atoms with van der Waals surface area (Å²) in [5.74, 6) is -2.03. The molecule has 0 radical (unpaired) electrons. The van der Waals surface area contributed by atoms with Crippen LogP contribution in [0.1, 0.15) is 70.4 Å². The summed E-state index contributed by atoms with van der Waals surface area (Å²) < 4.78 is 11.5. The lowest BCUT2D eigenvalue weighted by atomic mass is 9.89. The standard InChI is InChI=1S/C48H45N9O8/c49-26-31-9-19-40(52-28-31)54-34-12-16-36(17-13-34)56(48(63)53-27-30-5-2-1-3-6-30)35-14-10-32(11-15-35)33-21-22-51-43(25-33)64-24-23-50-42(59)29-65-39-8-4-7-37-44(39)47(62)57(46(37)61)38-18-20-41(58)55-45(38)60/h1-11,14-15,19,21-22,25,28,34,36,38H,12-13,16-18,20,23-24,27,29H2,(H,50,59)(H,52,54)(H,53,63)(H,55,58,60)/t34-,36-,38?. The van der Waals surface area contributed by atoms with Crippen molar-refractivity contribution < 1.29 is 38.2 Å². The number of urea groups is 1. The molecule has 17 heteroatoms. The number of hydrogen-bond donors (Lipinski definition) is 4. The van der Waals surface area contributed by atoms with Crippen molar-refractivity contribution in [3.63, 3.8) is 0 Å². The smallest absolute Gasteiger partial charge is 0.322 e. The van der Waals surface area contributed by atoms with Crippen molar-refractivity contribution in [2.24, 2.45) is 0 Å². The lowest BCUT2D eigenvalue weighted by molar-refractivity contribution is -0.136. The molecule has 3 aromatic carbocycles. The van der Waals surface area contributed by atoms with Crippen LogP contribution in [0, 0.1) is 11.3 Å². The average molecular weight is 876 g/mol. The number of nitriles is 1. The molecule has 5 aromatic rings. The molecule has 0 spiro atoms. The Morgan fingerprint density at radius 2 is 1.63 bits per heavy atom. The van der Waals surface area contributed by atoms with Crippen molar-refractivity contribution in [1.82, 2.24) is 30.8 Å². The van der Waals surface area contributed by atoms with Crippen LogP contribution in [-0.2, 0) is 20.9 Å². The van der Waals surface area contributed by atoms with Gasteiger partial charge in [0, 0.05) is 49.2 Å². The van der Waals surface area contributed by atoms with Crippen molar-refractivity contribution in [1.29, 1.82) is 5.26 Å². The van der Waals surface area contributed by atoms with E-state index in [1.807, 2.05) is 71.6 Å². The third-order valence-electron chi connectivity index (χ3n) is 11.5. The Hall–Kier alpha value is -8.13. The highest BCUT2D eigenvalue weighted by atomic mass is 16.5. The van der Waals surface area contributed by atoms with Gasteiger partial charge in [0.1, 0.15) is 30.3 Å². The van der Waals surface area contributed by atoms with Gasteiger partial charge < -0.3 is 25.4 Å². The second kappa shape index (κ2) is 19.9. The van der Waals surface area contributed by atoms with Crippen molar-refractivity contribution in [3.8, 4) is 28.8 Å². The number of aromatic nitrogens is 2. The minimum Gasteiger partial charge on any atom is -0.483 e. The van der Waals surface area contributed by atoms with E-state index in [4.69, 9.17) is 14.7 Å². The summed E-state index contributed by atoms with van der Waals surface area (Å²) in [6.45, 7) is 0.137. The maximum atomic E-state index is 13.9. The molecule has 2 aromatic heterocycles. The molecule has 1 atom stereocenters. The molecule has 1 unspecified atom stereocenters. The van der Waals surface area contributed by atoms with E-state index < -0.39 is 42.2 Å². The molecular weight excluding hydrogens is 831 g/mol. The molecule has 4 heterocycles. The molecule has 0 bridgehead atoms. The SMILES string of the molecule is N#Cc1ccc(N[C@H]2CC[C@H](N(C(=O)NCc3ccccc3)c3ccc(-c4ccnc(OCCNC(=O)COc5cccc6c5C(=O)N(C5CCC(=O)NC5=O)C6=O)c4)cc3)CC2)nc1. The fraction of sp³-hybridized carbons (Fsp3) is 0.271. The second-order valence-corrected chi connectivity index (χ2v) is 15.8. The van der Waals surface area contributed by atoms with Gasteiger partial charge >= 0.3 is 6.03 Å². The van der Waals surface area contributed by atoms with E-state index in [2.05, 4.69) is 37.3 Å². The number of carbonyl (C=O) groups excluding carboxylic acids is 6. The lowest BCUT2D eigenvalue weighted by Gasteiger charge is -2.37. The van der Waals surface area contributed by atoms with Gasteiger partial charge in [0.05, 0.1) is 23.2 Å². The number of nitrogens with zero attached hydrogens (tertiary/aromatic N) is 5. The number of fused-ring (bicyclic) bond motifs is 1. The number of amides is 7. The molecule has 1 saturated carbocycles. The zero-order chi connectivity index (χ0) is 45.3. The topological polar surface area (TPSA) is 225 Å². The predicted octanol–water partition coefficient (Wildman–Crippen LogP) is 5.13. The van der Waals surface area contributed by atoms with Gasteiger partial charge in [-0.1, -0.05) is 48.5 Å². The predicted molar refractivity (Wildman–Crippen MR) is 237 cm³/mol. The largest absolute Gasteiger partial charge is 0.483 e. The van der Waals surface area contributed by atoms with Crippen LogP contribution in [0.4, 0.5) is 16.3 Å². The summed E-state index contributed by atoms with van der Waals surface area (Å²) in [5.41, 5.74) is 3.98. The van der Waals surface area contributed by atoms with Crippen LogP contribution in [0.5, 0.6) is 11.6 Å². The highest BCUT2D eigenvalue weighted by Gasteiger charge is 2.46. The summed E-state index contributed by atoms with van der Waals surface area (Å²) in [6, 6.07) is 30.1. The Morgan fingerprint density at radius 1 is 0.831 bits per heavy atom. The molecule has 2 fully saturated rings. The summed E-state index contributed by atoms with van der Waals surface area (Å²) in [6.07, 6.45) is 6.41. The Labute approximate surface area is 374 Å². The quantitative estimate of drug-likeness (QED) is 0.0794. The molecule has 65 heavy (non-hydrogen) atoms. The first-order chi connectivity index (χ1) is 31.6. The van der Waals surface area contributed by atoms with Crippen molar-refractivity contribution in [3.05, 3.63) is 132 Å². The van der Waals surface area contributed by atoms with Gasteiger partial charge in [0.25, 0.3) is 17.7 Å². The number of imide groups is 2. The lowest BCUT2D eigenvalue weighted by Crippen LogP contribution is -2.54. The minimum atomic E-state index is -1.13. The fourth-order valence-corrected chi connectivity index (χ4v) is 8.21. The Morgan fingerprint density at radius 3 is 2.37 bits per heavy atom. The van der Waals surface area contributed by atoms with Gasteiger partial charge in [-0.25, -0.2) is 14.8 Å². The van der Waals surface area contributed by atoms with Crippen LogP contribution in [0.3, 0.4) is 0 Å². The number of ether oxygens (including phenoxy) is 2. The number of rotatable bonds is 15. The molecule has 7 amide bonds. The Bertz CT molecular complexity index is 2630. The molecule has 17 nitrogen and oxygen atoms in total. The molecule has 3 aliphatic rings. The van der Waals surface area contributed by atoms with Crippen LogP contribution >= 0.6 is 0 Å². The summed E-state index contributed by atoms with van der Waals surface area (Å²) in [7, 11) is 0. The number of nitrogens with one attached hydrogen (secondary N) is 4. The summed E-state index contributed by atoms with van der Waals surface area (Å²) in [4.78, 5) is 88.5. The van der Waals surface area contributed by atoms with Gasteiger partial charge in [0.2, 0.25) is 17.7 Å². The van der Waals surface area contributed by atoms with Gasteiger partial charge in [0.15, 0.2) is 6.61 Å². The average Bonchev–Trinajstić information content (AvgIpc) is 3.59. The van der Waals surface area contributed by atoms with E-state index >= 15 is 0 Å². The third-order valence-corrected chi connectivity index (χ3v) is 11.5. The number of pyridine rings is 2. The molecule has 8 rings (SSSR count). The minimum absolute atomic E-state index is 0.00574. The first kappa shape index (κ1) is 43.5. The van der Waals surface area contributed by atoms with Crippen molar-refractivity contribution in [2.45, 2.75) is 63.2 Å². The van der Waals surface area contributed by atoms with Crippen LogP contribution in [-0.4, -0.2) is 88.3 Å². The van der Waals surface area contributed by atoms with E-state index in [1.54, 1.807) is 24.5 Å². The van der Waals surface area contributed by atoms with Crippen molar-refractivity contribution >= 4 is 47.1 Å². The van der Waals surface area contributed by atoms with Gasteiger partial charge in [-0.3, -0.25) is 39.1 Å².